The Morgan fingerprint density at radius 2 is 1.43 bits per heavy atom. The molecule has 35 heavy (non-hydrogen) atoms. The standard InChI is InChI=1S/C19H30F8O6Si2/c1-7-10-30-16(35(5,6)33-34(2,3)4)12-31-14(28)8-9-15(29)32-19(26,27)18(24,25)13(20)11-17(21,22)23/h8-9,13,16H,7,10-12H2,1-6H3/b9-8+. The zero-order valence-corrected chi connectivity index (χ0v) is 22.1. The van der Waals surface area contributed by atoms with Crippen molar-refractivity contribution in [1.82, 2.24) is 0 Å². The molecule has 206 valence electrons. The molecule has 0 bridgehead atoms. The number of carbonyl (C=O) groups is 2. The Labute approximate surface area is 200 Å². The van der Waals surface area contributed by atoms with Crippen molar-refractivity contribution in [3.8, 4) is 0 Å². The van der Waals surface area contributed by atoms with Crippen LogP contribution >= 0.6 is 0 Å². The lowest BCUT2D eigenvalue weighted by Gasteiger charge is -2.37. The highest BCUT2D eigenvalue weighted by Gasteiger charge is 2.66. The number of halogens is 8. The molecule has 0 spiro atoms. The van der Waals surface area contributed by atoms with Crippen LogP contribution < -0.4 is 0 Å². The van der Waals surface area contributed by atoms with Crippen molar-refractivity contribution in [2.75, 3.05) is 13.2 Å². The van der Waals surface area contributed by atoms with E-state index in [2.05, 4.69) is 4.74 Å². The number of ether oxygens (including phenoxy) is 3. The molecule has 2 unspecified atom stereocenters. The predicted octanol–water partition coefficient (Wildman–Crippen LogP) is 5.54. The van der Waals surface area contributed by atoms with Crippen LogP contribution in [0.1, 0.15) is 19.8 Å². The summed E-state index contributed by atoms with van der Waals surface area (Å²) in [5.41, 5.74) is -0.628. The average molecular weight is 563 g/mol. The van der Waals surface area contributed by atoms with E-state index in [9.17, 15) is 44.7 Å². The minimum absolute atomic E-state index is 0.00757. The van der Waals surface area contributed by atoms with Crippen LogP contribution in [0.25, 0.3) is 0 Å². The minimum Gasteiger partial charge on any atom is -0.460 e. The second-order valence-electron chi connectivity index (χ2n) is 8.99. The highest BCUT2D eigenvalue weighted by atomic mass is 28.4. The van der Waals surface area contributed by atoms with Crippen molar-refractivity contribution in [2.45, 2.75) is 82.6 Å². The van der Waals surface area contributed by atoms with Gasteiger partial charge in [0.2, 0.25) is 8.32 Å². The van der Waals surface area contributed by atoms with Crippen LogP contribution in [0.5, 0.6) is 0 Å². The number of rotatable bonds is 14. The molecule has 6 nitrogen and oxygen atoms in total. The Balaban J connectivity index is 5.14. The summed E-state index contributed by atoms with van der Waals surface area (Å²) in [5, 5.41) is 0. The van der Waals surface area contributed by atoms with Crippen molar-refractivity contribution < 1.29 is 63.0 Å². The summed E-state index contributed by atoms with van der Waals surface area (Å²) in [7, 11) is -4.55. The van der Waals surface area contributed by atoms with Crippen LogP contribution in [0.4, 0.5) is 35.1 Å². The summed E-state index contributed by atoms with van der Waals surface area (Å²) in [6, 6.07) is 0. The van der Waals surface area contributed by atoms with E-state index in [-0.39, 0.29) is 18.8 Å². The maximum Gasteiger partial charge on any atom is 0.469 e. The van der Waals surface area contributed by atoms with E-state index in [1.165, 1.54) is 0 Å². The van der Waals surface area contributed by atoms with Gasteiger partial charge in [-0.1, -0.05) is 6.92 Å². The summed E-state index contributed by atoms with van der Waals surface area (Å²) < 4.78 is 123. The molecule has 0 radical (unpaired) electrons. The van der Waals surface area contributed by atoms with Crippen LogP contribution in [0, 0.1) is 0 Å². The van der Waals surface area contributed by atoms with E-state index < -0.39 is 65.1 Å². The molecule has 0 N–H and O–H groups in total. The monoisotopic (exact) mass is 562 g/mol. The highest BCUT2D eigenvalue weighted by Crippen LogP contribution is 2.43. The minimum atomic E-state index is -5.98. The smallest absolute Gasteiger partial charge is 0.460 e. The van der Waals surface area contributed by atoms with E-state index in [1.807, 2.05) is 39.7 Å². The Morgan fingerprint density at radius 3 is 1.89 bits per heavy atom. The van der Waals surface area contributed by atoms with Crippen molar-refractivity contribution >= 4 is 28.6 Å². The summed E-state index contributed by atoms with van der Waals surface area (Å²) in [5.74, 6) is -9.47. The fraction of sp³-hybridized carbons (Fsp3) is 0.789. The fourth-order valence-corrected chi connectivity index (χ4v) is 10.5. The number of hydrogen-bond acceptors (Lipinski definition) is 6. The van der Waals surface area contributed by atoms with Gasteiger partial charge < -0.3 is 18.3 Å². The average Bonchev–Trinajstić information content (AvgIpc) is 2.62. The Kier molecular flexibility index (Phi) is 12.1. The van der Waals surface area contributed by atoms with Crippen LogP contribution in [-0.4, -0.2) is 71.9 Å². The molecule has 0 aromatic heterocycles. The highest BCUT2D eigenvalue weighted by molar-refractivity contribution is 6.84. The van der Waals surface area contributed by atoms with Gasteiger partial charge in [0.1, 0.15) is 12.3 Å². The van der Waals surface area contributed by atoms with Crippen molar-refractivity contribution in [2.24, 2.45) is 0 Å². The first kappa shape index (κ1) is 33.5. The van der Waals surface area contributed by atoms with Gasteiger partial charge in [0, 0.05) is 18.8 Å². The van der Waals surface area contributed by atoms with Crippen LogP contribution in [0.3, 0.4) is 0 Å². The lowest BCUT2D eigenvalue weighted by Crippen LogP contribution is -2.54. The molecule has 2 atom stereocenters. The second-order valence-corrected chi connectivity index (χ2v) is 17.9. The SMILES string of the molecule is CCCOC(COC(=O)/C=C/C(=O)OC(F)(F)C(F)(F)C(F)CC(F)(F)F)[Si](C)(C)O[Si](C)(C)C. The maximum atomic E-state index is 13.5. The summed E-state index contributed by atoms with van der Waals surface area (Å²) in [6.07, 6.45) is -17.8. The van der Waals surface area contributed by atoms with Gasteiger partial charge >= 0.3 is 30.1 Å². The number of hydrogen-bond donors (Lipinski definition) is 0. The van der Waals surface area contributed by atoms with Gasteiger partial charge in [-0.05, 0) is 39.2 Å². The van der Waals surface area contributed by atoms with E-state index in [1.54, 1.807) is 0 Å². The van der Waals surface area contributed by atoms with Crippen LogP contribution in [0.2, 0.25) is 32.7 Å². The molecule has 0 aliphatic rings. The third kappa shape index (κ3) is 12.3. The van der Waals surface area contributed by atoms with Gasteiger partial charge in [0.25, 0.3) is 0 Å². The quantitative estimate of drug-likeness (QED) is 0.120. The van der Waals surface area contributed by atoms with Crippen LogP contribution in [0.15, 0.2) is 12.2 Å². The van der Waals surface area contributed by atoms with Gasteiger partial charge in [-0.25, -0.2) is 14.0 Å². The topological polar surface area (TPSA) is 71.1 Å². The number of esters is 2. The first-order chi connectivity index (χ1) is 15.5. The third-order valence-electron chi connectivity index (χ3n) is 4.02. The van der Waals surface area contributed by atoms with Crippen molar-refractivity contribution in [3.63, 3.8) is 0 Å². The number of carbonyl (C=O) groups excluding carboxylic acids is 2. The molecule has 0 aliphatic carbocycles. The summed E-state index contributed by atoms with van der Waals surface area (Å²) >= 11 is 0. The first-order valence-corrected chi connectivity index (χ1v) is 16.8. The molecular formula is C19H30F8O6Si2. The van der Waals surface area contributed by atoms with Gasteiger partial charge in [-0.2, -0.15) is 30.7 Å². The van der Waals surface area contributed by atoms with Gasteiger partial charge in [-0.15, -0.1) is 0 Å². The molecule has 0 heterocycles. The largest absolute Gasteiger partial charge is 0.469 e. The second kappa shape index (κ2) is 12.6. The molecule has 0 aromatic rings. The Bertz CT molecular complexity index is 738. The third-order valence-corrected chi connectivity index (χ3v) is 10.5. The Morgan fingerprint density at radius 1 is 0.914 bits per heavy atom. The van der Waals surface area contributed by atoms with Gasteiger partial charge in [-0.3, -0.25) is 0 Å². The molecule has 0 saturated carbocycles. The van der Waals surface area contributed by atoms with Crippen LogP contribution in [-0.2, 0) is 27.9 Å². The molecule has 0 aliphatic heterocycles. The zero-order valence-electron chi connectivity index (χ0n) is 20.1. The molecule has 0 saturated heterocycles. The van der Waals surface area contributed by atoms with E-state index in [0.717, 1.165) is 0 Å². The molecule has 0 fully saturated rings. The predicted molar refractivity (Wildman–Crippen MR) is 114 cm³/mol. The Hall–Kier alpha value is -1.53. The first-order valence-electron chi connectivity index (χ1n) is 10.4. The zero-order chi connectivity index (χ0) is 27.9. The fourth-order valence-electron chi connectivity index (χ4n) is 2.65. The number of alkyl halides is 8. The van der Waals surface area contributed by atoms with Gasteiger partial charge in [0.05, 0.1) is 6.42 Å². The lowest BCUT2D eigenvalue weighted by atomic mass is 10.1. The van der Waals surface area contributed by atoms with Gasteiger partial charge in [0.15, 0.2) is 14.5 Å². The molecular weight excluding hydrogens is 532 g/mol. The molecule has 0 aromatic carbocycles. The van der Waals surface area contributed by atoms with Crippen molar-refractivity contribution in [1.29, 1.82) is 0 Å². The summed E-state index contributed by atoms with van der Waals surface area (Å²) in [4.78, 5) is 23.3. The molecule has 16 heteroatoms. The van der Waals surface area contributed by atoms with Crippen molar-refractivity contribution in [3.05, 3.63) is 12.2 Å². The lowest BCUT2D eigenvalue weighted by molar-refractivity contribution is -0.349. The van der Waals surface area contributed by atoms with E-state index in [4.69, 9.17) is 13.6 Å². The summed E-state index contributed by atoms with van der Waals surface area (Å²) in [6.45, 7) is 11.4. The maximum absolute atomic E-state index is 13.5. The normalized spacial score (nSPS) is 15.7. The molecule has 0 rings (SSSR count). The van der Waals surface area contributed by atoms with E-state index >= 15 is 0 Å². The van der Waals surface area contributed by atoms with E-state index in [0.29, 0.717) is 13.0 Å². The molecule has 0 amide bonds.